The Kier molecular flexibility index (Phi) is 8.69. The van der Waals surface area contributed by atoms with Gasteiger partial charge >= 0.3 is 0 Å². The van der Waals surface area contributed by atoms with Gasteiger partial charge in [-0.1, -0.05) is 114 Å². The lowest BCUT2D eigenvalue weighted by Gasteiger charge is -2.19. The molecule has 0 aliphatic carbocycles. The van der Waals surface area contributed by atoms with E-state index < -0.39 is 0 Å². The van der Waals surface area contributed by atoms with E-state index in [1.807, 2.05) is 0 Å². The van der Waals surface area contributed by atoms with Crippen molar-refractivity contribution in [2.24, 2.45) is 0 Å². The minimum absolute atomic E-state index is 0.0641. The van der Waals surface area contributed by atoms with Crippen LogP contribution in [-0.2, 0) is 10.8 Å². The number of aryl methyl sites for hydroxylation is 2. The monoisotopic (exact) mass is 778 g/mol. The van der Waals surface area contributed by atoms with Crippen LogP contribution in [0.2, 0.25) is 0 Å². The van der Waals surface area contributed by atoms with Gasteiger partial charge in [-0.2, -0.15) is 0 Å². The molecule has 0 saturated heterocycles. The normalized spacial score (nSPS) is 12.3. The van der Waals surface area contributed by atoms with Crippen molar-refractivity contribution in [3.63, 3.8) is 0 Å². The van der Waals surface area contributed by atoms with Crippen LogP contribution in [-0.4, -0.2) is 19.1 Å². The van der Waals surface area contributed by atoms with E-state index in [2.05, 4.69) is 222 Å². The molecule has 0 amide bonds. The Labute approximate surface area is 352 Å². The summed E-state index contributed by atoms with van der Waals surface area (Å²) < 4.78 is 4.79. The number of fused-ring (bicyclic) bond motifs is 6. The van der Waals surface area contributed by atoms with Gasteiger partial charge in [-0.15, -0.1) is 0 Å². The maximum absolute atomic E-state index is 5.27. The number of hydrogen-bond acceptors (Lipinski definition) is 2. The molecule has 0 radical (unpaired) electrons. The lowest BCUT2D eigenvalue weighted by Crippen LogP contribution is -2.10. The van der Waals surface area contributed by atoms with Gasteiger partial charge in [0.15, 0.2) is 0 Å². The fraction of sp³-hybridized carbons (Fsp3) is 0.179. The molecular formula is C56H50N4. The molecule has 4 nitrogen and oxygen atoms in total. The van der Waals surface area contributed by atoms with Crippen LogP contribution in [0, 0.1) is 13.8 Å². The highest BCUT2D eigenvalue weighted by Gasteiger charge is 2.21. The second-order valence-electron chi connectivity index (χ2n) is 18.5. The number of para-hydroxylation sites is 2. The molecule has 4 heteroatoms. The van der Waals surface area contributed by atoms with Gasteiger partial charge < -0.3 is 9.13 Å². The number of pyridine rings is 2. The topological polar surface area (TPSA) is 35.6 Å². The van der Waals surface area contributed by atoms with Crippen LogP contribution in [0.5, 0.6) is 0 Å². The molecule has 0 unspecified atom stereocenters. The Bertz CT molecular complexity index is 3310. The summed E-state index contributed by atoms with van der Waals surface area (Å²) in [6.45, 7) is 18.0. The molecule has 10 rings (SSSR count). The summed E-state index contributed by atoms with van der Waals surface area (Å²) in [6.07, 6.45) is 0. The molecule has 0 bridgehead atoms. The zero-order valence-electron chi connectivity index (χ0n) is 35.8. The van der Waals surface area contributed by atoms with Crippen molar-refractivity contribution < 1.29 is 0 Å². The van der Waals surface area contributed by atoms with Crippen molar-refractivity contribution in [3.05, 3.63) is 180 Å². The lowest BCUT2D eigenvalue weighted by atomic mass is 9.86. The van der Waals surface area contributed by atoms with Crippen LogP contribution >= 0.6 is 0 Å². The number of rotatable bonds is 5. The molecule has 60 heavy (non-hydrogen) atoms. The van der Waals surface area contributed by atoms with Crippen molar-refractivity contribution in [2.45, 2.75) is 66.2 Å². The number of aromatic nitrogens is 4. The third-order valence-corrected chi connectivity index (χ3v) is 12.3. The SMILES string of the molecule is Cc1cc(-n2c3ccccc3c3cc(C(C)(C)C)ccc32)ccc1-c1cccc(-c2cccc(-c3cc(-n4c5ccccc5c5cc(C(C)(C)C)ccc54)ccc3C)n2)n1. The summed E-state index contributed by atoms with van der Waals surface area (Å²) in [7, 11) is 0. The molecule has 0 N–H and O–H groups in total. The summed E-state index contributed by atoms with van der Waals surface area (Å²) in [4.78, 5) is 10.5. The largest absolute Gasteiger partial charge is 0.309 e. The summed E-state index contributed by atoms with van der Waals surface area (Å²) in [5.41, 5.74) is 18.0. The van der Waals surface area contributed by atoms with E-state index in [9.17, 15) is 0 Å². The lowest BCUT2D eigenvalue weighted by molar-refractivity contribution is 0.591. The van der Waals surface area contributed by atoms with Crippen molar-refractivity contribution in [3.8, 4) is 45.3 Å². The molecule has 4 heterocycles. The molecule has 0 atom stereocenters. The van der Waals surface area contributed by atoms with E-state index in [-0.39, 0.29) is 10.8 Å². The van der Waals surface area contributed by atoms with Gasteiger partial charge in [0.25, 0.3) is 0 Å². The Morgan fingerprint density at radius 3 is 1.32 bits per heavy atom. The van der Waals surface area contributed by atoms with Gasteiger partial charge in [0, 0.05) is 44.0 Å². The number of hydrogen-bond donors (Lipinski definition) is 0. The third-order valence-electron chi connectivity index (χ3n) is 12.3. The summed E-state index contributed by atoms with van der Waals surface area (Å²) in [5, 5.41) is 5.09. The fourth-order valence-corrected chi connectivity index (χ4v) is 8.99. The van der Waals surface area contributed by atoms with Crippen LogP contribution in [0.1, 0.15) is 63.8 Å². The maximum atomic E-state index is 5.27. The molecule has 0 saturated carbocycles. The van der Waals surface area contributed by atoms with Gasteiger partial charge in [-0.3, -0.25) is 0 Å². The van der Waals surface area contributed by atoms with Gasteiger partial charge in [0.1, 0.15) is 0 Å². The van der Waals surface area contributed by atoms with Gasteiger partial charge in [-0.05, 0) is 132 Å². The zero-order valence-corrected chi connectivity index (χ0v) is 35.8. The first kappa shape index (κ1) is 37.5. The quantitative estimate of drug-likeness (QED) is 0.174. The molecule has 0 spiro atoms. The third kappa shape index (κ3) is 6.30. The van der Waals surface area contributed by atoms with Gasteiger partial charge in [0.05, 0.1) is 44.8 Å². The molecular weight excluding hydrogens is 729 g/mol. The second kappa shape index (κ2) is 13.9. The first-order valence-corrected chi connectivity index (χ1v) is 21.1. The molecule has 4 aromatic heterocycles. The first-order valence-electron chi connectivity index (χ1n) is 21.1. The Morgan fingerprint density at radius 2 is 0.800 bits per heavy atom. The molecule has 6 aromatic carbocycles. The predicted molar refractivity (Wildman–Crippen MR) is 254 cm³/mol. The minimum Gasteiger partial charge on any atom is -0.309 e. The molecule has 0 aliphatic rings. The van der Waals surface area contributed by atoms with E-state index in [1.54, 1.807) is 0 Å². The van der Waals surface area contributed by atoms with E-state index in [0.29, 0.717) is 0 Å². The smallest absolute Gasteiger partial charge is 0.0893 e. The van der Waals surface area contributed by atoms with E-state index in [1.165, 1.54) is 65.9 Å². The van der Waals surface area contributed by atoms with Crippen LogP contribution in [0.15, 0.2) is 158 Å². The first-order chi connectivity index (χ1) is 28.8. The summed E-state index contributed by atoms with van der Waals surface area (Å²) >= 11 is 0. The molecule has 0 fully saturated rings. The van der Waals surface area contributed by atoms with Crippen molar-refractivity contribution in [1.82, 2.24) is 19.1 Å². The van der Waals surface area contributed by atoms with E-state index >= 15 is 0 Å². The van der Waals surface area contributed by atoms with Crippen molar-refractivity contribution in [1.29, 1.82) is 0 Å². The van der Waals surface area contributed by atoms with Crippen molar-refractivity contribution >= 4 is 43.6 Å². The molecule has 294 valence electrons. The number of nitrogens with zero attached hydrogens (tertiary/aromatic N) is 4. The number of benzene rings is 6. The Hall–Kier alpha value is -6.78. The van der Waals surface area contributed by atoms with Crippen molar-refractivity contribution in [2.75, 3.05) is 0 Å². The van der Waals surface area contributed by atoms with Crippen LogP contribution < -0.4 is 0 Å². The van der Waals surface area contributed by atoms with Gasteiger partial charge in [-0.25, -0.2) is 9.97 Å². The average molecular weight is 779 g/mol. The van der Waals surface area contributed by atoms with E-state index in [0.717, 1.165) is 45.3 Å². The van der Waals surface area contributed by atoms with Crippen LogP contribution in [0.3, 0.4) is 0 Å². The Morgan fingerprint density at radius 1 is 0.350 bits per heavy atom. The second-order valence-corrected chi connectivity index (χ2v) is 18.5. The predicted octanol–water partition coefficient (Wildman–Crippen LogP) is 14.9. The Balaban J connectivity index is 1.01. The average Bonchev–Trinajstić information content (AvgIpc) is 3.76. The highest BCUT2D eigenvalue weighted by molar-refractivity contribution is 6.10. The van der Waals surface area contributed by atoms with Crippen LogP contribution in [0.4, 0.5) is 0 Å². The van der Waals surface area contributed by atoms with Crippen LogP contribution in [0.25, 0.3) is 88.9 Å². The standard InChI is InChI=1S/C56H50N4/c1-35-23-26-40(60-52-22-12-10-16-43(52)46-33-38(56(6,7)8)25-30-54(46)60)34-44(35)48-18-14-20-50(58-48)49-19-13-17-47(57-49)41-28-27-39(31-36(41)2)59-51-21-11-9-15-42(51)45-32-37(55(3,4)5)24-29-53(45)59/h9-34H,1-8H3. The van der Waals surface area contributed by atoms with E-state index in [4.69, 9.17) is 9.97 Å². The molecule has 0 aliphatic heterocycles. The minimum atomic E-state index is 0.0641. The zero-order chi connectivity index (χ0) is 41.5. The summed E-state index contributed by atoms with van der Waals surface area (Å²) in [6, 6.07) is 57.4. The molecule has 10 aromatic rings. The highest BCUT2D eigenvalue weighted by atomic mass is 15.0. The highest BCUT2D eigenvalue weighted by Crippen LogP contribution is 2.39. The van der Waals surface area contributed by atoms with Gasteiger partial charge in [0.2, 0.25) is 0 Å². The fourth-order valence-electron chi connectivity index (χ4n) is 8.99. The maximum Gasteiger partial charge on any atom is 0.0893 e. The summed E-state index contributed by atoms with van der Waals surface area (Å²) in [5.74, 6) is 0.